The molecule has 158 valence electrons. The first-order valence-electron chi connectivity index (χ1n) is 10.8. The summed E-state index contributed by atoms with van der Waals surface area (Å²) in [4.78, 5) is 2.30. The van der Waals surface area contributed by atoms with Crippen LogP contribution in [0.25, 0.3) is 10.8 Å². The van der Waals surface area contributed by atoms with Crippen LogP contribution in [0.2, 0.25) is 0 Å². The molecule has 5 heteroatoms. The third kappa shape index (κ3) is 4.26. The number of hydrogen-bond acceptors (Lipinski definition) is 5. The fraction of sp³-hybridized carbons (Fsp3) is 0.440. The molecule has 3 atom stereocenters. The molecule has 0 spiro atoms. The zero-order chi connectivity index (χ0) is 21.3. The monoisotopic (exact) mass is 404 g/mol. The lowest BCUT2D eigenvalue weighted by molar-refractivity contribution is 0.193. The minimum absolute atomic E-state index is 0.130. The lowest BCUT2D eigenvalue weighted by Crippen LogP contribution is -2.26. The van der Waals surface area contributed by atoms with Gasteiger partial charge in [-0.05, 0) is 89.0 Å². The normalized spacial score (nSPS) is 19.9. The molecule has 4 rings (SSSR count). The van der Waals surface area contributed by atoms with E-state index in [-0.39, 0.29) is 12.1 Å². The van der Waals surface area contributed by atoms with Crippen molar-refractivity contribution >= 4 is 16.6 Å². The highest BCUT2D eigenvalue weighted by molar-refractivity contribution is 5.92. The van der Waals surface area contributed by atoms with Gasteiger partial charge in [0.05, 0.1) is 12.2 Å². The van der Waals surface area contributed by atoms with Crippen LogP contribution in [0.15, 0.2) is 42.6 Å². The molecule has 0 radical (unpaired) electrons. The van der Waals surface area contributed by atoms with E-state index in [0.717, 1.165) is 35.2 Å². The Bertz CT molecular complexity index is 1030. The van der Waals surface area contributed by atoms with E-state index < -0.39 is 0 Å². The van der Waals surface area contributed by atoms with Gasteiger partial charge in [-0.15, -0.1) is 5.10 Å². The summed E-state index contributed by atoms with van der Waals surface area (Å²) in [6.45, 7) is 6.49. The van der Waals surface area contributed by atoms with Crippen molar-refractivity contribution in [2.75, 3.05) is 19.4 Å². The quantitative estimate of drug-likeness (QED) is 0.606. The van der Waals surface area contributed by atoms with Crippen LogP contribution in [0, 0.1) is 13.8 Å². The largest absolute Gasteiger partial charge is 0.490 e. The van der Waals surface area contributed by atoms with Crippen molar-refractivity contribution in [3.63, 3.8) is 0 Å². The second kappa shape index (κ2) is 8.60. The minimum atomic E-state index is 0.130. The Morgan fingerprint density at radius 3 is 2.73 bits per heavy atom. The summed E-state index contributed by atoms with van der Waals surface area (Å²) in [5, 5.41) is 14.3. The number of nitrogens with one attached hydrogen (secondary N) is 1. The van der Waals surface area contributed by atoms with Crippen molar-refractivity contribution in [3.05, 3.63) is 59.3 Å². The van der Waals surface area contributed by atoms with Gasteiger partial charge in [-0.2, -0.15) is 5.10 Å². The van der Waals surface area contributed by atoms with Crippen molar-refractivity contribution in [3.8, 4) is 5.75 Å². The van der Waals surface area contributed by atoms with Crippen molar-refractivity contribution < 1.29 is 4.74 Å². The molecular weight excluding hydrogens is 372 g/mol. The van der Waals surface area contributed by atoms with E-state index in [4.69, 9.17) is 4.74 Å². The van der Waals surface area contributed by atoms with Crippen molar-refractivity contribution in [1.82, 2.24) is 15.1 Å². The molecule has 1 N–H and O–H groups in total. The second-order valence-corrected chi connectivity index (χ2v) is 8.77. The smallest absolute Gasteiger partial charge is 0.157 e. The maximum atomic E-state index is 6.34. The number of fused-ring (bicyclic) bond motifs is 1. The van der Waals surface area contributed by atoms with E-state index >= 15 is 0 Å². The third-order valence-corrected chi connectivity index (χ3v) is 6.49. The second-order valence-electron chi connectivity index (χ2n) is 8.77. The Morgan fingerprint density at radius 2 is 1.97 bits per heavy atom. The molecule has 1 saturated carbocycles. The predicted molar refractivity (Wildman–Crippen MR) is 123 cm³/mol. The van der Waals surface area contributed by atoms with Gasteiger partial charge in [0.25, 0.3) is 0 Å². The summed E-state index contributed by atoms with van der Waals surface area (Å²) in [6, 6.07) is 13.4. The topological polar surface area (TPSA) is 50.3 Å². The van der Waals surface area contributed by atoms with Crippen LogP contribution in [0.4, 0.5) is 5.82 Å². The molecule has 1 aliphatic carbocycles. The Labute approximate surface area is 179 Å². The summed E-state index contributed by atoms with van der Waals surface area (Å²) in [5.41, 5.74) is 3.89. The van der Waals surface area contributed by atoms with E-state index in [9.17, 15) is 0 Å². The highest BCUT2D eigenvalue weighted by atomic mass is 16.5. The van der Waals surface area contributed by atoms with E-state index in [1.165, 1.54) is 23.1 Å². The first-order chi connectivity index (χ1) is 14.4. The van der Waals surface area contributed by atoms with E-state index in [1.54, 1.807) is 0 Å². The van der Waals surface area contributed by atoms with Gasteiger partial charge < -0.3 is 15.0 Å². The lowest BCUT2D eigenvalue weighted by atomic mass is 9.98. The predicted octanol–water partition coefficient (Wildman–Crippen LogP) is 5.28. The molecule has 30 heavy (non-hydrogen) atoms. The van der Waals surface area contributed by atoms with Crippen LogP contribution in [0.5, 0.6) is 5.75 Å². The molecule has 1 heterocycles. The zero-order valence-electron chi connectivity index (χ0n) is 18.6. The Morgan fingerprint density at radius 1 is 1.13 bits per heavy atom. The first-order valence-corrected chi connectivity index (χ1v) is 10.8. The van der Waals surface area contributed by atoms with Crippen LogP contribution in [0.1, 0.15) is 48.9 Å². The number of aromatic nitrogens is 2. The molecule has 0 unspecified atom stereocenters. The average molecular weight is 405 g/mol. The van der Waals surface area contributed by atoms with Crippen LogP contribution in [-0.4, -0.2) is 41.3 Å². The molecule has 0 amide bonds. The Kier molecular flexibility index (Phi) is 5.91. The maximum absolute atomic E-state index is 6.34. The van der Waals surface area contributed by atoms with Gasteiger partial charge in [-0.1, -0.05) is 18.2 Å². The van der Waals surface area contributed by atoms with Crippen molar-refractivity contribution in [1.29, 1.82) is 0 Å². The molecule has 5 nitrogen and oxygen atoms in total. The number of rotatable bonds is 6. The zero-order valence-corrected chi connectivity index (χ0v) is 18.6. The number of aryl methyl sites for hydroxylation is 1. The summed E-state index contributed by atoms with van der Waals surface area (Å²) in [6.07, 6.45) is 5.45. The third-order valence-electron chi connectivity index (χ3n) is 6.49. The van der Waals surface area contributed by atoms with Gasteiger partial charge in [0.15, 0.2) is 5.82 Å². The van der Waals surface area contributed by atoms with E-state index in [2.05, 4.69) is 85.6 Å². The molecule has 1 aromatic heterocycles. The van der Waals surface area contributed by atoms with Crippen LogP contribution >= 0.6 is 0 Å². The summed E-state index contributed by atoms with van der Waals surface area (Å²) in [7, 11) is 4.30. The molecule has 1 aliphatic rings. The Hall–Kier alpha value is -2.66. The number of hydrogen-bond donors (Lipinski definition) is 1. The van der Waals surface area contributed by atoms with Gasteiger partial charge >= 0.3 is 0 Å². The van der Waals surface area contributed by atoms with Crippen LogP contribution < -0.4 is 10.1 Å². The van der Waals surface area contributed by atoms with Crippen LogP contribution in [-0.2, 0) is 0 Å². The fourth-order valence-corrected chi connectivity index (χ4v) is 4.45. The van der Waals surface area contributed by atoms with Gasteiger partial charge in [0.2, 0.25) is 0 Å². The molecule has 0 aliphatic heterocycles. The highest BCUT2D eigenvalue weighted by Crippen LogP contribution is 2.32. The standard InChI is InChI=1S/C25H32N4O/c1-16-7-6-8-23(17(16)2)18(3)27-25-24-14-22(11-9-19(24)15-26-28-25)30-21-12-10-20(13-21)29(4)5/h6-9,11,14-15,18,20-21H,10,12-13H2,1-5H3,(H,27,28)/t18-,20+,21+/m1/s1. The van der Waals surface area contributed by atoms with Crippen molar-refractivity contribution in [2.45, 2.75) is 58.2 Å². The van der Waals surface area contributed by atoms with Gasteiger partial charge in [-0.25, -0.2) is 0 Å². The van der Waals surface area contributed by atoms with Gasteiger partial charge in [0.1, 0.15) is 11.9 Å². The lowest BCUT2D eigenvalue weighted by Gasteiger charge is -2.20. The van der Waals surface area contributed by atoms with E-state index in [1.807, 2.05) is 12.3 Å². The first kappa shape index (κ1) is 20.6. The van der Waals surface area contributed by atoms with Gasteiger partial charge in [0, 0.05) is 16.8 Å². The summed E-state index contributed by atoms with van der Waals surface area (Å²) < 4.78 is 6.34. The number of nitrogens with zero attached hydrogens (tertiary/aromatic N) is 3. The van der Waals surface area contributed by atoms with Crippen LogP contribution in [0.3, 0.4) is 0 Å². The number of anilines is 1. The molecule has 2 aromatic carbocycles. The average Bonchev–Trinajstić information content (AvgIpc) is 3.19. The Balaban J connectivity index is 1.57. The summed E-state index contributed by atoms with van der Waals surface area (Å²) in [5.74, 6) is 1.70. The van der Waals surface area contributed by atoms with E-state index in [0.29, 0.717) is 6.04 Å². The SMILES string of the molecule is Cc1cccc([C@@H](C)Nc2nncc3ccc(O[C@H]4CC[C@H](N(C)C)C4)cc23)c1C. The summed E-state index contributed by atoms with van der Waals surface area (Å²) >= 11 is 0. The van der Waals surface area contributed by atoms with Crippen molar-refractivity contribution in [2.24, 2.45) is 0 Å². The van der Waals surface area contributed by atoms with Gasteiger partial charge in [-0.3, -0.25) is 0 Å². The molecule has 0 bridgehead atoms. The minimum Gasteiger partial charge on any atom is -0.490 e. The molecule has 3 aromatic rings. The fourth-order valence-electron chi connectivity index (χ4n) is 4.45. The maximum Gasteiger partial charge on any atom is 0.157 e. The molecule has 0 saturated heterocycles. The number of ether oxygens (including phenoxy) is 1. The molecular formula is C25H32N4O. The highest BCUT2D eigenvalue weighted by Gasteiger charge is 2.27. The molecule has 1 fully saturated rings. The number of benzene rings is 2.